The summed E-state index contributed by atoms with van der Waals surface area (Å²) in [4.78, 5) is 23.5. The van der Waals surface area contributed by atoms with Gasteiger partial charge in [-0.2, -0.15) is 0 Å². The Morgan fingerprint density at radius 1 is 1.33 bits per heavy atom. The Labute approximate surface area is 128 Å². The van der Waals surface area contributed by atoms with Crippen LogP contribution in [0, 0.1) is 6.92 Å². The molecule has 0 aliphatic heterocycles. The molecule has 5 heteroatoms. The van der Waals surface area contributed by atoms with E-state index in [1.807, 2.05) is 25.1 Å². The molecular weight excluding hydrogens is 284 g/mol. The lowest BCUT2D eigenvalue weighted by Crippen LogP contribution is -2.33. The van der Waals surface area contributed by atoms with Gasteiger partial charge in [0.2, 0.25) is 5.91 Å². The molecule has 4 nitrogen and oxygen atoms in total. The van der Waals surface area contributed by atoms with Crippen LogP contribution in [0.1, 0.15) is 30.5 Å². The van der Waals surface area contributed by atoms with Gasteiger partial charge in [-0.15, -0.1) is 0 Å². The summed E-state index contributed by atoms with van der Waals surface area (Å²) < 4.78 is 1.50. The molecule has 21 heavy (non-hydrogen) atoms. The fraction of sp³-hybridized carbons (Fsp3) is 0.375. The zero-order chi connectivity index (χ0) is 15.2. The molecule has 1 atom stereocenters. The molecule has 0 fully saturated rings. The molecule has 1 heterocycles. The van der Waals surface area contributed by atoms with E-state index in [2.05, 4.69) is 24.4 Å². The third kappa shape index (κ3) is 4.04. The molecule has 1 aromatic carbocycles. The number of amides is 1. The van der Waals surface area contributed by atoms with Gasteiger partial charge in [-0.1, -0.05) is 48.6 Å². The highest BCUT2D eigenvalue weighted by atomic mass is 32.1. The molecule has 1 aromatic heterocycles. The van der Waals surface area contributed by atoms with Gasteiger partial charge in [-0.3, -0.25) is 14.2 Å². The highest BCUT2D eigenvalue weighted by molar-refractivity contribution is 7.07. The van der Waals surface area contributed by atoms with Crippen molar-refractivity contribution in [3.05, 3.63) is 56.6 Å². The monoisotopic (exact) mass is 304 g/mol. The molecule has 0 spiro atoms. The van der Waals surface area contributed by atoms with Crippen LogP contribution in [0.25, 0.3) is 0 Å². The number of thiazole rings is 1. The standard InChI is InChI=1S/C16H20N2O2S/c1-3-13(14-7-5-4-6-8-14)9-17-15(19)10-18-12(2)11-21-16(18)20/h4-8,11,13H,3,9-10H2,1-2H3,(H,17,19)/t13-/m1/s1. The second-order valence-corrected chi connectivity index (χ2v) is 5.87. The third-order valence-corrected chi connectivity index (χ3v) is 4.47. The van der Waals surface area contributed by atoms with Crippen molar-refractivity contribution in [2.45, 2.75) is 32.7 Å². The van der Waals surface area contributed by atoms with Crippen molar-refractivity contribution in [1.29, 1.82) is 0 Å². The molecule has 1 N–H and O–H groups in total. The van der Waals surface area contributed by atoms with Gasteiger partial charge in [0.15, 0.2) is 0 Å². The Hall–Kier alpha value is -1.88. The first-order chi connectivity index (χ1) is 10.1. The summed E-state index contributed by atoms with van der Waals surface area (Å²) in [7, 11) is 0. The highest BCUT2D eigenvalue weighted by Crippen LogP contribution is 2.17. The summed E-state index contributed by atoms with van der Waals surface area (Å²) in [6.07, 6.45) is 0.960. The number of hydrogen-bond donors (Lipinski definition) is 1. The number of aromatic nitrogens is 1. The fourth-order valence-electron chi connectivity index (χ4n) is 2.26. The first-order valence-corrected chi connectivity index (χ1v) is 7.96. The minimum absolute atomic E-state index is 0.0854. The van der Waals surface area contributed by atoms with Gasteiger partial charge in [-0.25, -0.2) is 0 Å². The Morgan fingerprint density at radius 2 is 2.05 bits per heavy atom. The Balaban J connectivity index is 1.93. The number of aryl methyl sites for hydroxylation is 1. The zero-order valence-corrected chi connectivity index (χ0v) is 13.2. The lowest BCUT2D eigenvalue weighted by atomic mass is 9.96. The fourth-order valence-corrected chi connectivity index (χ4v) is 2.99. The topological polar surface area (TPSA) is 51.1 Å². The van der Waals surface area contributed by atoms with Crippen LogP contribution >= 0.6 is 11.3 Å². The van der Waals surface area contributed by atoms with Crippen LogP contribution in [0.5, 0.6) is 0 Å². The summed E-state index contributed by atoms with van der Waals surface area (Å²) >= 11 is 1.13. The van der Waals surface area contributed by atoms with Crippen LogP contribution in [-0.4, -0.2) is 17.0 Å². The molecule has 0 radical (unpaired) electrons. The van der Waals surface area contributed by atoms with Gasteiger partial charge in [0.25, 0.3) is 0 Å². The molecule has 112 valence electrons. The van der Waals surface area contributed by atoms with E-state index < -0.39 is 0 Å². The zero-order valence-electron chi connectivity index (χ0n) is 12.3. The lowest BCUT2D eigenvalue weighted by Gasteiger charge is -2.16. The van der Waals surface area contributed by atoms with Gasteiger partial charge >= 0.3 is 4.87 Å². The molecule has 2 rings (SSSR count). The average Bonchev–Trinajstić information content (AvgIpc) is 2.81. The summed E-state index contributed by atoms with van der Waals surface area (Å²) in [6, 6.07) is 10.2. The number of nitrogens with one attached hydrogen (secondary N) is 1. The first kappa shape index (κ1) is 15.5. The first-order valence-electron chi connectivity index (χ1n) is 7.08. The van der Waals surface area contributed by atoms with Gasteiger partial charge in [0.05, 0.1) is 0 Å². The van der Waals surface area contributed by atoms with Crippen LogP contribution in [0.4, 0.5) is 0 Å². The van der Waals surface area contributed by atoms with E-state index >= 15 is 0 Å². The van der Waals surface area contributed by atoms with Gasteiger partial charge < -0.3 is 5.32 Å². The number of carbonyl (C=O) groups excluding carboxylic acids is 1. The second kappa shape index (κ2) is 7.22. The summed E-state index contributed by atoms with van der Waals surface area (Å²) in [6.45, 7) is 4.64. The van der Waals surface area contributed by atoms with Crippen molar-refractivity contribution in [3.8, 4) is 0 Å². The SMILES string of the molecule is CC[C@H](CNC(=O)Cn1c(C)csc1=O)c1ccccc1. The van der Waals surface area contributed by atoms with Crippen LogP contribution in [0.15, 0.2) is 40.5 Å². The minimum Gasteiger partial charge on any atom is -0.354 e. The Kier molecular flexibility index (Phi) is 5.33. The summed E-state index contributed by atoms with van der Waals surface area (Å²) in [5, 5.41) is 4.70. The molecule has 0 unspecified atom stereocenters. The summed E-state index contributed by atoms with van der Waals surface area (Å²) in [5.74, 6) is 0.184. The van der Waals surface area contributed by atoms with Crippen molar-refractivity contribution < 1.29 is 4.79 Å². The largest absolute Gasteiger partial charge is 0.354 e. The molecule has 0 aliphatic carbocycles. The van der Waals surface area contributed by atoms with Crippen LogP contribution < -0.4 is 10.2 Å². The van der Waals surface area contributed by atoms with Crippen molar-refractivity contribution in [2.24, 2.45) is 0 Å². The number of nitrogens with zero attached hydrogens (tertiary/aromatic N) is 1. The molecular formula is C16H20N2O2S. The maximum Gasteiger partial charge on any atom is 0.307 e. The van der Waals surface area contributed by atoms with Crippen molar-refractivity contribution in [2.75, 3.05) is 6.54 Å². The molecule has 0 saturated heterocycles. The number of benzene rings is 1. The number of hydrogen-bond acceptors (Lipinski definition) is 3. The molecule has 1 amide bonds. The van der Waals surface area contributed by atoms with Gasteiger partial charge in [-0.05, 0) is 18.9 Å². The predicted molar refractivity (Wildman–Crippen MR) is 85.8 cm³/mol. The Bertz CT molecular complexity index is 646. The van der Waals surface area contributed by atoms with E-state index in [9.17, 15) is 9.59 Å². The maximum absolute atomic E-state index is 12.0. The third-order valence-electron chi connectivity index (χ3n) is 3.59. The van der Waals surface area contributed by atoms with Crippen LogP contribution in [0.2, 0.25) is 0 Å². The van der Waals surface area contributed by atoms with E-state index in [4.69, 9.17) is 0 Å². The smallest absolute Gasteiger partial charge is 0.307 e. The quantitative estimate of drug-likeness (QED) is 0.891. The van der Waals surface area contributed by atoms with Crippen molar-refractivity contribution in [3.63, 3.8) is 0 Å². The number of rotatable bonds is 6. The van der Waals surface area contributed by atoms with E-state index in [0.29, 0.717) is 12.5 Å². The van der Waals surface area contributed by atoms with Gasteiger partial charge in [0, 0.05) is 23.5 Å². The molecule has 0 saturated carbocycles. The number of carbonyl (C=O) groups is 1. The van der Waals surface area contributed by atoms with E-state index in [1.54, 1.807) is 5.38 Å². The molecule has 2 aromatic rings. The second-order valence-electron chi connectivity index (χ2n) is 5.05. The average molecular weight is 304 g/mol. The van der Waals surface area contributed by atoms with E-state index in [0.717, 1.165) is 23.5 Å². The van der Waals surface area contributed by atoms with Crippen molar-refractivity contribution in [1.82, 2.24) is 9.88 Å². The Morgan fingerprint density at radius 3 is 2.62 bits per heavy atom. The molecule has 0 bridgehead atoms. The van der Waals surface area contributed by atoms with E-state index in [-0.39, 0.29) is 17.3 Å². The van der Waals surface area contributed by atoms with Crippen molar-refractivity contribution >= 4 is 17.2 Å². The predicted octanol–water partition coefficient (Wildman–Crippen LogP) is 2.53. The maximum atomic E-state index is 12.0. The minimum atomic E-state index is -0.118. The normalized spacial score (nSPS) is 12.1. The van der Waals surface area contributed by atoms with Crippen LogP contribution in [-0.2, 0) is 11.3 Å². The lowest BCUT2D eigenvalue weighted by molar-refractivity contribution is -0.121. The van der Waals surface area contributed by atoms with Crippen LogP contribution in [0.3, 0.4) is 0 Å². The highest BCUT2D eigenvalue weighted by Gasteiger charge is 2.12. The van der Waals surface area contributed by atoms with Gasteiger partial charge in [0.1, 0.15) is 6.54 Å². The van der Waals surface area contributed by atoms with E-state index in [1.165, 1.54) is 10.1 Å². The molecule has 0 aliphatic rings. The summed E-state index contributed by atoms with van der Waals surface area (Å²) in [5.41, 5.74) is 2.06.